The molecule has 2 aromatic carbocycles. The number of hydrogen-bond donors (Lipinski definition) is 4. The molecule has 2 heterocycles. The van der Waals surface area contributed by atoms with Crippen molar-refractivity contribution in [3.8, 4) is 11.3 Å². The molecule has 1 fully saturated rings. The van der Waals surface area contributed by atoms with E-state index in [9.17, 15) is 28.5 Å². The summed E-state index contributed by atoms with van der Waals surface area (Å²) >= 11 is 6.11. The number of rotatable bonds is 5. The predicted octanol–water partition coefficient (Wildman–Crippen LogP) is 2.45. The first-order chi connectivity index (χ1) is 18.0. The van der Waals surface area contributed by atoms with Crippen LogP contribution in [0.15, 0.2) is 46.5 Å². The monoisotopic (exact) mass is 552 g/mol. The second-order valence-corrected chi connectivity index (χ2v) is 9.18. The van der Waals surface area contributed by atoms with Crippen LogP contribution < -0.4 is 5.73 Å². The average molecular weight is 553 g/mol. The normalized spacial score (nSPS) is 24.6. The standard InChI is InChI=1S/C24H24ClF3N6O4/c1-10-3-4-13(25)7-16(10)31-24(30-11(2)29)23-22(37)20(21(36)18(9-35)38-23)34-8-17(32-33-34)12-5-14(26)19(28)15(27)6-12/h3-8,18,20-23,35-37H,9H2,1-2H3,(H2,29,30,31)/t18-,20+,21+,22-,23-/m1/s1. The van der Waals surface area contributed by atoms with Crippen molar-refractivity contribution in [3.63, 3.8) is 0 Å². The largest absolute Gasteiger partial charge is 0.394 e. The number of aliphatic imine (C=N–C) groups is 2. The van der Waals surface area contributed by atoms with Crippen LogP contribution in [0.2, 0.25) is 5.02 Å². The number of hydrogen-bond acceptors (Lipinski definition) is 7. The fourth-order valence-electron chi connectivity index (χ4n) is 4.05. The molecule has 1 aromatic heterocycles. The van der Waals surface area contributed by atoms with Gasteiger partial charge in [-0.2, -0.15) is 0 Å². The van der Waals surface area contributed by atoms with Gasteiger partial charge in [0.2, 0.25) is 0 Å². The number of aromatic nitrogens is 3. The number of amidine groups is 2. The minimum absolute atomic E-state index is 0.0648. The smallest absolute Gasteiger partial charge is 0.194 e. The van der Waals surface area contributed by atoms with E-state index in [2.05, 4.69) is 20.3 Å². The quantitative estimate of drug-likeness (QED) is 0.215. The molecule has 0 saturated carbocycles. The van der Waals surface area contributed by atoms with E-state index in [1.165, 1.54) is 13.1 Å². The van der Waals surface area contributed by atoms with Crippen LogP contribution in [-0.2, 0) is 4.74 Å². The van der Waals surface area contributed by atoms with Crippen molar-refractivity contribution in [2.45, 2.75) is 44.3 Å². The van der Waals surface area contributed by atoms with Crippen LogP contribution in [-0.4, -0.2) is 73.0 Å². The summed E-state index contributed by atoms with van der Waals surface area (Å²) in [6.45, 7) is 2.63. The van der Waals surface area contributed by atoms with Crippen molar-refractivity contribution >= 4 is 29.0 Å². The van der Waals surface area contributed by atoms with Gasteiger partial charge in [-0.1, -0.05) is 22.9 Å². The summed E-state index contributed by atoms with van der Waals surface area (Å²) in [7, 11) is 0. The first-order valence-corrected chi connectivity index (χ1v) is 11.7. The van der Waals surface area contributed by atoms with Gasteiger partial charge in [0.05, 0.1) is 24.3 Å². The Morgan fingerprint density at radius 1 is 1.16 bits per heavy atom. The Bertz CT molecular complexity index is 1370. The van der Waals surface area contributed by atoms with Crippen LogP contribution in [0.4, 0.5) is 18.9 Å². The number of aryl methyl sites for hydroxylation is 1. The van der Waals surface area contributed by atoms with Crippen LogP contribution in [0.3, 0.4) is 0 Å². The summed E-state index contributed by atoms with van der Waals surface area (Å²) in [5, 5.41) is 40.2. The van der Waals surface area contributed by atoms with E-state index in [0.717, 1.165) is 22.4 Å². The molecule has 1 aliphatic rings. The van der Waals surface area contributed by atoms with E-state index in [1.54, 1.807) is 25.1 Å². The van der Waals surface area contributed by atoms with Crippen LogP contribution in [0.1, 0.15) is 18.5 Å². The minimum atomic E-state index is -1.64. The molecule has 38 heavy (non-hydrogen) atoms. The number of ether oxygens (including phenoxy) is 1. The van der Waals surface area contributed by atoms with Crippen LogP contribution >= 0.6 is 11.6 Å². The third-order valence-electron chi connectivity index (χ3n) is 5.94. The molecule has 0 amide bonds. The van der Waals surface area contributed by atoms with Gasteiger partial charge in [-0.25, -0.2) is 27.8 Å². The van der Waals surface area contributed by atoms with Gasteiger partial charge in [-0.15, -0.1) is 5.10 Å². The van der Waals surface area contributed by atoms with E-state index >= 15 is 0 Å². The number of nitrogens with two attached hydrogens (primary N) is 1. The van der Waals surface area contributed by atoms with Crippen molar-refractivity contribution < 1.29 is 33.2 Å². The molecule has 1 saturated heterocycles. The minimum Gasteiger partial charge on any atom is -0.394 e. The van der Waals surface area contributed by atoms with E-state index in [0.29, 0.717) is 10.7 Å². The van der Waals surface area contributed by atoms with Gasteiger partial charge >= 0.3 is 0 Å². The van der Waals surface area contributed by atoms with E-state index in [4.69, 9.17) is 22.1 Å². The molecular formula is C24H24ClF3N6O4. The number of aliphatic hydroxyl groups excluding tert-OH is 3. The Balaban J connectivity index is 1.76. The summed E-state index contributed by atoms with van der Waals surface area (Å²) in [6, 6.07) is 5.18. The fourth-order valence-corrected chi connectivity index (χ4v) is 4.21. The van der Waals surface area contributed by atoms with E-state index in [-0.39, 0.29) is 22.9 Å². The summed E-state index contributed by atoms with van der Waals surface area (Å²) in [5.41, 5.74) is 6.76. The molecule has 1 aliphatic heterocycles. The molecule has 0 aliphatic carbocycles. The Kier molecular flexibility index (Phi) is 8.13. The summed E-state index contributed by atoms with van der Waals surface area (Å²) in [5.74, 6) is -4.46. The lowest BCUT2D eigenvalue weighted by Crippen LogP contribution is -2.58. The van der Waals surface area contributed by atoms with Crippen molar-refractivity contribution in [1.29, 1.82) is 0 Å². The SMILES string of the molecule is CC(N)=NC(=Nc1cc(Cl)ccc1C)[C@@H]1O[C@H](CO)[C@H](O)[C@H](n2cc(-c3cc(F)c(F)c(F)c3)nn2)[C@H]1O. The lowest BCUT2D eigenvalue weighted by Gasteiger charge is -2.41. The molecule has 0 radical (unpaired) electrons. The highest BCUT2D eigenvalue weighted by Crippen LogP contribution is 2.33. The highest BCUT2D eigenvalue weighted by Gasteiger charge is 2.48. The van der Waals surface area contributed by atoms with Gasteiger partial charge in [-0.05, 0) is 43.7 Å². The molecule has 202 valence electrons. The second-order valence-electron chi connectivity index (χ2n) is 8.74. The molecule has 4 rings (SSSR count). The molecule has 5 N–H and O–H groups in total. The number of nitrogens with zero attached hydrogens (tertiary/aromatic N) is 5. The number of halogens is 4. The van der Waals surface area contributed by atoms with Crippen LogP contribution in [0.25, 0.3) is 11.3 Å². The molecule has 3 aromatic rings. The van der Waals surface area contributed by atoms with Gasteiger partial charge < -0.3 is 25.8 Å². The molecule has 10 nitrogen and oxygen atoms in total. The summed E-state index contributed by atoms with van der Waals surface area (Å²) in [4.78, 5) is 8.70. The Labute approximate surface area is 219 Å². The second kappa shape index (κ2) is 11.2. The maximum Gasteiger partial charge on any atom is 0.194 e. The molecule has 0 unspecified atom stereocenters. The Morgan fingerprint density at radius 2 is 1.84 bits per heavy atom. The third kappa shape index (κ3) is 5.56. The predicted molar refractivity (Wildman–Crippen MR) is 133 cm³/mol. The highest BCUT2D eigenvalue weighted by atomic mass is 35.5. The summed E-state index contributed by atoms with van der Waals surface area (Å²) in [6.07, 6.45) is -4.40. The lowest BCUT2D eigenvalue weighted by atomic mass is 9.92. The molecule has 0 spiro atoms. The van der Waals surface area contributed by atoms with Gasteiger partial charge in [-0.3, -0.25) is 0 Å². The van der Waals surface area contributed by atoms with E-state index in [1.807, 2.05) is 0 Å². The van der Waals surface area contributed by atoms with Gasteiger partial charge in [0.25, 0.3) is 0 Å². The van der Waals surface area contributed by atoms with E-state index < -0.39 is 54.5 Å². The first kappa shape index (κ1) is 27.7. The molecule has 0 bridgehead atoms. The number of aliphatic hydroxyl groups is 3. The van der Waals surface area contributed by atoms with Crippen LogP contribution in [0, 0.1) is 24.4 Å². The third-order valence-corrected chi connectivity index (χ3v) is 6.17. The molecule has 14 heteroatoms. The molecular weight excluding hydrogens is 529 g/mol. The van der Waals surface area contributed by atoms with Crippen molar-refractivity contribution in [2.24, 2.45) is 15.7 Å². The van der Waals surface area contributed by atoms with Crippen molar-refractivity contribution in [2.75, 3.05) is 6.61 Å². The van der Waals surface area contributed by atoms with Crippen molar-refractivity contribution in [1.82, 2.24) is 15.0 Å². The van der Waals surface area contributed by atoms with Gasteiger partial charge in [0.15, 0.2) is 23.3 Å². The Hall–Kier alpha value is -3.36. The zero-order valence-electron chi connectivity index (χ0n) is 20.1. The maximum absolute atomic E-state index is 13.7. The van der Waals surface area contributed by atoms with Crippen LogP contribution in [0.5, 0.6) is 0 Å². The first-order valence-electron chi connectivity index (χ1n) is 11.3. The topological polar surface area (TPSA) is 151 Å². The maximum atomic E-state index is 13.7. The zero-order valence-corrected chi connectivity index (χ0v) is 20.9. The zero-order chi connectivity index (χ0) is 27.7. The van der Waals surface area contributed by atoms with Gasteiger partial charge in [0.1, 0.15) is 36.2 Å². The van der Waals surface area contributed by atoms with Gasteiger partial charge in [0, 0.05) is 10.6 Å². The Morgan fingerprint density at radius 3 is 2.47 bits per heavy atom. The fraction of sp³-hybridized carbons (Fsp3) is 0.333. The average Bonchev–Trinajstić information content (AvgIpc) is 3.34. The lowest BCUT2D eigenvalue weighted by molar-refractivity contribution is -0.185. The van der Waals surface area contributed by atoms with Crippen molar-refractivity contribution in [3.05, 3.63) is 64.6 Å². The molecule has 5 atom stereocenters. The summed E-state index contributed by atoms with van der Waals surface area (Å²) < 4.78 is 47.7. The highest BCUT2D eigenvalue weighted by molar-refractivity contribution is 6.30. The number of benzene rings is 2.